The van der Waals surface area contributed by atoms with Crippen LogP contribution >= 0.6 is 11.3 Å². The van der Waals surface area contributed by atoms with E-state index in [0.29, 0.717) is 11.6 Å². The van der Waals surface area contributed by atoms with E-state index in [0.717, 1.165) is 26.7 Å². The number of anilines is 1. The Balaban J connectivity index is 2.04. The van der Waals surface area contributed by atoms with Crippen LogP contribution < -0.4 is 11.3 Å². The maximum atomic E-state index is 5.58. The van der Waals surface area contributed by atoms with Gasteiger partial charge >= 0.3 is 0 Å². The van der Waals surface area contributed by atoms with Gasteiger partial charge in [-0.3, -0.25) is 4.98 Å². The van der Waals surface area contributed by atoms with Gasteiger partial charge in [-0.2, -0.15) is 0 Å². The van der Waals surface area contributed by atoms with E-state index in [1.54, 1.807) is 17.5 Å². The second-order valence-corrected chi connectivity index (χ2v) is 5.45. The minimum atomic E-state index is 0.578. The lowest BCUT2D eigenvalue weighted by Gasteiger charge is -2.07. The van der Waals surface area contributed by atoms with Crippen molar-refractivity contribution in [2.75, 3.05) is 5.43 Å². The summed E-state index contributed by atoms with van der Waals surface area (Å²) < 4.78 is 0. The lowest BCUT2D eigenvalue weighted by Crippen LogP contribution is -2.10. The number of thiophene rings is 1. The summed E-state index contributed by atoms with van der Waals surface area (Å²) in [6.07, 6.45) is 1.77. The second kappa shape index (κ2) is 4.76. The number of pyridine rings is 1. The SMILES string of the molecule is NNc1nc(-c2nccc3ccccc23)nc2sccc12. The van der Waals surface area contributed by atoms with Crippen LogP contribution in [0, 0.1) is 0 Å². The zero-order chi connectivity index (χ0) is 14.2. The van der Waals surface area contributed by atoms with Crippen LogP contribution in [0.3, 0.4) is 0 Å². The van der Waals surface area contributed by atoms with E-state index in [-0.39, 0.29) is 0 Å². The van der Waals surface area contributed by atoms with Crippen molar-refractivity contribution in [1.29, 1.82) is 0 Å². The van der Waals surface area contributed by atoms with Crippen molar-refractivity contribution in [3.05, 3.63) is 48.0 Å². The number of nitrogens with two attached hydrogens (primary N) is 1. The van der Waals surface area contributed by atoms with Crippen molar-refractivity contribution in [1.82, 2.24) is 15.0 Å². The number of hydrogen-bond acceptors (Lipinski definition) is 6. The summed E-state index contributed by atoms with van der Waals surface area (Å²) in [5, 5.41) is 5.03. The number of hydrazine groups is 1. The van der Waals surface area contributed by atoms with Crippen LogP contribution in [0.15, 0.2) is 48.0 Å². The largest absolute Gasteiger partial charge is 0.308 e. The van der Waals surface area contributed by atoms with Crippen LogP contribution in [0.5, 0.6) is 0 Å². The molecule has 0 atom stereocenters. The summed E-state index contributed by atoms with van der Waals surface area (Å²) in [7, 11) is 0. The quantitative estimate of drug-likeness (QED) is 0.438. The molecule has 0 saturated carbocycles. The summed E-state index contributed by atoms with van der Waals surface area (Å²) in [6, 6.07) is 12.0. The third-order valence-corrected chi connectivity index (χ3v) is 4.15. The van der Waals surface area contributed by atoms with E-state index in [1.165, 1.54) is 0 Å². The molecule has 0 aliphatic carbocycles. The molecule has 4 rings (SSSR count). The minimum Gasteiger partial charge on any atom is -0.308 e. The van der Waals surface area contributed by atoms with Gasteiger partial charge in [-0.15, -0.1) is 11.3 Å². The van der Waals surface area contributed by atoms with Gasteiger partial charge in [0.1, 0.15) is 10.5 Å². The fraction of sp³-hybridized carbons (Fsp3) is 0. The van der Waals surface area contributed by atoms with Gasteiger partial charge in [0.2, 0.25) is 0 Å². The van der Waals surface area contributed by atoms with Crippen LogP contribution in [0.25, 0.3) is 32.5 Å². The molecule has 0 spiro atoms. The number of aromatic nitrogens is 3. The smallest absolute Gasteiger partial charge is 0.182 e. The molecular weight excluding hydrogens is 282 g/mol. The average molecular weight is 293 g/mol. The van der Waals surface area contributed by atoms with Gasteiger partial charge in [-0.05, 0) is 22.9 Å². The summed E-state index contributed by atoms with van der Waals surface area (Å²) in [5.74, 6) is 6.77. The minimum absolute atomic E-state index is 0.578. The van der Waals surface area contributed by atoms with E-state index in [1.807, 2.05) is 41.8 Å². The topological polar surface area (TPSA) is 76.7 Å². The van der Waals surface area contributed by atoms with Crippen LogP contribution in [0.2, 0.25) is 0 Å². The zero-order valence-corrected chi connectivity index (χ0v) is 11.8. The predicted molar refractivity (Wildman–Crippen MR) is 86.0 cm³/mol. The molecule has 6 heteroatoms. The van der Waals surface area contributed by atoms with Gasteiger partial charge in [0, 0.05) is 11.6 Å². The molecular formula is C15H11N5S. The average Bonchev–Trinajstić information content (AvgIpc) is 3.02. The fourth-order valence-electron chi connectivity index (χ4n) is 2.37. The molecule has 1 aromatic carbocycles. The van der Waals surface area contributed by atoms with E-state index in [9.17, 15) is 0 Å². The first-order chi connectivity index (χ1) is 10.4. The Bertz CT molecular complexity index is 942. The van der Waals surface area contributed by atoms with Gasteiger partial charge in [-0.1, -0.05) is 24.3 Å². The molecule has 0 unspecified atom stereocenters. The number of nitrogens with zero attached hydrogens (tertiary/aromatic N) is 3. The molecule has 3 heterocycles. The highest BCUT2D eigenvalue weighted by atomic mass is 32.1. The molecule has 102 valence electrons. The fourth-order valence-corrected chi connectivity index (χ4v) is 3.13. The molecule has 21 heavy (non-hydrogen) atoms. The Morgan fingerprint density at radius 2 is 1.90 bits per heavy atom. The highest BCUT2D eigenvalue weighted by molar-refractivity contribution is 7.16. The molecule has 0 aliphatic rings. The van der Waals surface area contributed by atoms with Gasteiger partial charge in [0.15, 0.2) is 11.6 Å². The van der Waals surface area contributed by atoms with E-state index in [2.05, 4.69) is 20.4 Å². The Hall–Kier alpha value is -2.57. The van der Waals surface area contributed by atoms with Crippen molar-refractivity contribution in [2.24, 2.45) is 5.84 Å². The molecule has 0 amide bonds. The number of rotatable bonds is 2. The first-order valence-electron chi connectivity index (χ1n) is 6.43. The summed E-state index contributed by atoms with van der Waals surface area (Å²) in [5.41, 5.74) is 3.41. The van der Waals surface area contributed by atoms with Crippen molar-refractivity contribution in [3.63, 3.8) is 0 Å². The number of nitrogens with one attached hydrogen (secondary N) is 1. The predicted octanol–water partition coefficient (Wildman–Crippen LogP) is 3.19. The van der Waals surface area contributed by atoms with Crippen LogP contribution in [-0.2, 0) is 0 Å². The van der Waals surface area contributed by atoms with Crippen molar-refractivity contribution in [3.8, 4) is 11.5 Å². The number of hydrogen-bond donors (Lipinski definition) is 2. The summed E-state index contributed by atoms with van der Waals surface area (Å²) >= 11 is 1.56. The Kier molecular flexibility index (Phi) is 2.77. The molecule has 4 aromatic rings. The van der Waals surface area contributed by atoms with Crippen LogP contribution in [0.1, 0.15) is 0 Å². The zero-order valence-electron chi connectivity index (χ0n) is 10.9. The van der Waals surface area contributed by atoms with Gasteiger partial charge in [0.25, 0.3) is 0 Å². The van der Waals surface area contributed by atoms with E-state index >= 15 is 0 Å². The lowest BCUT2D eigenvalue weighted by molar-refractivity contribution is 1.17. The number of nitrogen functional groups attached to an aromatic ring is 1. The lowest BCUT2D eigenvalue weighted by atomic mass is 10.1. The number of benzene rings is 1. The molecule has 0 aliphatic heterocycles. The molecule has 0 fully saturated rings. The summed E-state index contributed by atoms with van der Waals surface area (Å²) in [4.78, 5) is 14.5. The standard InChI is InChI=1S/C15H11N5S/c16-20-13-11-6-8-21-15(11)19-14(18-13)12-10-4-2-1-3-9(10)5-7-17-12/h1-8H,16H2,(H,18,19,20). The Morgan fingerprint density at radius 1 is 1.00 bits per heavy atom. The van der Waals surface area contributed by atoms with Crippen LogP contribution in [0.4, 0.5) is 5.82 Å². The third kappa shape index (κ3) is 1.93. The normalized spacial score (nSPS) is 11.1. The highest BCUT2D eigenvalue weighted by Crippen LogP contribution is 2.30. The molecule has 3 N–H and O–H groups in total. The Morgan fingerprint density at radius 3 is 2.81 bits per heavy atom. The molecule has 0 bridgehead atoms. The van der Waals surface area contributed by atoms with Crippen molar-refractivity contribution in [2.45, 2.75) is 0 Å². The molecule has 0 saturated heterocycles. The molecule has 0 radical (unpaired) electrons. The molecule has 3 aromatic heterocycles. The van der Waals surface area contributed by atoms with Gasteiger partial charge in [-0.25, -0.2) is 15.8 Å². The van der Waals surface area contributed by atoms with Crippen molar-refractivity contribution < 1.29 is 0 Å². The van der Waals surface area contributed by atoms with Crippen molar-refractivity contribution >= 4 is 38.1 Å². The Labute approximate surface area is 124 Å². The first-order valence-corrected chi connectivity index (χ1v) is 7.31. The first kappa shape index (κ1) is 12.2. The number of fused-ring (bicyclic) bond motifs is 2. The summed E-state index contributed by atoms with van der Waals surface area (Å²) in [6.45, 7) is 0. The second-order valence-electron chi connectivity index (χ2n) is 4.56. The van der Waals surface area contributed by atoms with Gasteiger partial charge in [0.05, 0.1) is 5.39 Å². The maximum Gasteiger partial charge on any atom is 0.182 e. The van der Waals surface area contributed by atoms with E-state index < -0.39 is 0 Å². The monoisotopic (exact) mass is 293 g/mol. The van der Waals surface area contributed by atoms with E-state index in [4.69, 9.17) is 5.84 Å². The molecule has 5 nitrogen and oxygen atoms in total. The van der Waals surface area contributed by atoms with Gasteiger partial charge < -0.3 is 5.43 Å². The third-order valence-electron chi connectivity index (χ3n) is 3.35. The van der Waals surface area contributed by atoms with Crippen LogP contribution in [-0.4, -0.2) is 15.0 Å². The maximum absolute atomic E-state index is 5.58. The highest BCUT2D eigenvalue weighted by Gasteiger charge is 2.12.